The Morgan fingerprint density at radius 3 is 2.58 bits per heavy atom. The second-order valence-corrected chi connectivity index (χ2v) is 5.39. The number of phenols is 3. The summed E-state index contributed by atoms with van der Waals surface area (Å²) in [5.74, 6) is 0.289. The number of benzene rings is 2. The zero-order valence-electron chi connectivity index (χ0n) is 13.2. The van der Waals surface area contributed by atoms with Crippen LogP contribution in [0.2, 0.25) is 0 Å². The Kier molecular flexibility index (Phi) is 5.46. The molecule has 6 heteroatoms. The highest BCUT2D eigenvalue weighted by molar-refractivity contribution is 5.85. The van der Waals surface area contributed by atoms with E-state index in [4.69, 9.17) is 4.74 Å². The summed E-state index contributed by atoms with van der Waals surface area (Å²) in [6, 6.07) is 8.22. The summed E-state index contributed by atoms with van der Waals surface area (Å²) in [4.78, 5) is 0. The minimum atomic E-state index is -0.162. The van der Waals surface area contributed by atoms with E-state index in [9.17, 15) is 15.3 Å². The summed E-state index contributed by atoms with van der Waals surface area (Å²) in [7, 11) is 0. The van der Waals surface area contributed by atoms with Crippen molar-refractivity contribution in [2.45, 2.75) is 13.3 Å². The normalized spacial score (nSPS) is 14.5. The summed E-state index contributed by atoms with van der Waals surface area (Å²) < 4.78 is 5.43. The second kappa shape index (κ2) is 7.36. The number of phenolic OH excluding ortho intramolecular Hbond substituents is 3. The van der Waals surface area contributed by atoms with Gasteiger partial charge in [-0.1, -0.05) is 6.07 Å². The minimum Gasteiger partial charge on any atom is -0.504 e. The molecule has 0 amide bonds. The predicted octanol–water partition coefficient (Wildman–Crippen LogP) is 3.27. The van der Waals surface area contributed by atoms with Gasteiger partial charge in [0.15, 0.2) is 23.0 Å². The van der Waals surface area contributed by atoms with Gasteiger partial charge in [0.2, 0.25) is 0 Å². The summed E-state index contributed by atoms with van der Waals surface area (Å²) in [5, 5.41) is 32.4. The van der Waals surface area contributed by atoms with Crippen molar-refractivity contribution in [3.05, 3.63) is 47.0 Å². The van der Waals surface area contributed by atoms with Gasteiger partial charge in [-0.25, -0.2) is 0 Å². The molecule has 1 heterocycles. The van der Waals surface area contributed by atoms with Gasteiger partial charge in [0, 0.05) is 17.8 Å². The van der Waals surface area contributed by atoms with Crippen molar-refractivity contribution in [2.24, 2.45) is 0 Å². The largest absolute Gasteiger partial charge is 0.504 e. The van der Waals surface area contributed by atoms with Crippen LogP contribution in [0.1, 0.15) is 23.6 Å². The van der Waals surface area contributed by atoms with Crippen LogP contribution < -0.4 is 10.1 Å². The molecule has 0 atom stereocenters. The van der Waals surface area contributed by atoms with Gasteiger partial charge < -0.3 is 25.4 Å². The molecule has 4 N–H and O–H groups in total. The summed E-state index contributed by atoms with van der Waals surface area (Å²) in [6.07, 6.45) is 2.71. The molecule has 0 aliphatic carbocycles. The minimum absolute atomic E-state index is 0. The molecule has 3 rings (SSSR count). The zero-order valence-corrected chi connectivity index (χ0v) is 14.1. The monoisotopic (exact) mass is 349 g/mol. The van der Waals surface area contributed by atoms with Gasteiger partial charge in [-0.2, -0.15) is 0 Å². The lowest BCUT2D eigenvalue weighted by Gasteiger charge is -2.22. The topological polar surface area (TPSA) is 82.0 Å². The molecule has 0 fully saturated rings. The summed E-state index contributed by atoms with van der Waals surface area (Å²) >= 11 is 0. The highest BCUT2D eigenvalue weighted by atomic mass is 35.5. The highest BCUT2D eigenvalue weighted by Gasteiger charge is 2.17. The maximum absolute atomic E-state index is 10.1. The molecule has 2 aromatic carbocycles. The molecule has 0 saturated heterocycles. The predicted molar refractivity (Wildman–Crippen MR) is 95.9 cm³/mol. The number of nitrogens with one attached hydrogen (secondary N) is 1. The van der Waals surface area contributed by atoms with Crippen LogP contribution in [-0.2, 0) is 6.42 Å². The third-order valence-electron chi connectivity index (χ3n) is 3.80. The molecule has 1 aliphatic heterocycles. The summed E-state index contributed by atoms with van der Waals surface area (Å²) in [6.45, 7) is 3.16. The number of hydrogen-bond donors (Lipinski definition) is 4. The van der Waals surface area contributed by atoms with Crippen molar-refractivity contribution < 1.29 is 20.1 Å². The fourth-order valence-corrected chi connectivity index (χ4v) is 2.69. The van der Waals surface area contributed by atoms with E-state index in [1.165, 1.54) is 12.1 Å². The van der Waals surface area contributed by atoms with Crippen LogP contribution >= 0.6 is 12.4 Å². The standard InChI is InChI=1S/C18H19NO4.ClH/c1-2-23-18-9-12-5-6-19-14(13(12)10-17(18)22)7-11-3-4-15(20)16(21)8-11;/h3-4,7-10,19-22H,2,5-6H2,1H3;1H/b14-7-;. The maximum Gasteiger partial charge on any atom is 0.161 e. The van der Waals surface area contributed by atoms with Crippen LogP contribution in [-0.4, -0.2) is 28.5 Å². The number of fused-ring (bicyclic) bond motifs is 1. The van der Waals surface area contributed by atoms with E-state index in [1.54, 1.807) is 12.1 Å². The van der Waals surface area contributed by atoms with Gasteiger partial charge in [-0.05, 0) is 54.8 Å². The third-order valence-corrected chi connectivity index (χ3v) is 3.80. The first-order valence-corrected chi connectivity index (χ1v) is 7.55. The molecule has 0 saturated carbocycles. The van der Waals surface area contributed by atoms with Gasteiger partial charge in [-0.15, -0.1) is 12.4 Å². The number of rotatable bonds is 3. The van der Waals surface area contributed by atoms with E-state index < -0.39 is 0 Å². The van der Waals surface area contributed by atoms with Gasteiger partial charge in [0.1, 0.15) is 0 Å². The molecule has 0 aromatic heterocycles. The molecule has 0 spiro atoms. The van der Waals surface area contributed by atoms with E-state index in [0.717, 1.165) is 35.4 Å². The fourth-order valence-electron chi connectivity index (χ4n) is 2.69. The molecule has 5 nitrogen and oxygen atoms in total. The Hall–Kier alpha value is -2.53. The lowest BCUT2D eigenvalue weighted by Crippen LogP contribution is -2.22. The van der Waals surface area contributed by atoms with Gasteiger partial charge in [-0.3, -0.25) is 0 Å². The molecule has 2 aromatic rings. The van der Waals surface area contributed by atoms with Crippen molar-refractivity contribution in [3.8, 4) is 23.0 Å². The molecule has 24 heavy (non-hydrogen) atoms. The highest BCUT2D eigenvalue weighted by Crippen LogP contribution is 2.35. The zero-order chi connectivity index (χ0) is 16.4. The smallest absolute Gasteiger partial charge is 0.161 e. The van der Waals surface area contributed by atoms with Crippen molar-refractivity contribution in [1.29, 1.82) is 0 Å². The van der Waals surface area contributed by atoms with Crippen molar-refractivity contribution in [1.82, 2.24) is 5.32 Å². The Labute approximate surface area is 146 Å². The molecule has 0 radical (unpaired) electrons. The first-order valence-electron chi connectivity index (χ1n) is 7.55. The van der Waals surface area contributed by atoms with Crippen molar-refractivity contribution in [2.75, 3.05) is 13.2 Å². The molecular formula is C18H20ClNO4. The average Bonchev–Trinajstić information content (AvgIpc) is 2.53. The van der Waals surface area contributed by atoms with Crippen LogP contribution in [0.15, 0.2) is 30.3 Å². The van der Waals surface area contributed by atoms with Gasteiger partial charge in [0.05, 0.1) is 6.61 Å². The fraction of sp³-hybridized carbons (Fsp3) is 0.222. The van der Waals surface area contributed by atoms with Crippen LogP contribution in [0.25, 0.3) is 11.8 Å². The van der Waals surface area contributed by atoms with E-state index in [0.29, 0.717) is 12.4 Å². The first-order chi connectivity index (χ1) is 11.1. The lowest BCUT2D eigenvalue weighted by atomic mass is 9.96. The third kappa shape index (κ3) is 3.51. The second-order valence-electron chi connectivity index (χ2n) is 5.39. The van der Waals surface area contributed by atoms with Crippen molar-refractivity contribution in [3.63, 3.8) is 0 Å². The Morgan fingerprint density at radius 2 is 1.88 bits per heavy atom. The molecule has 1 aliphatic rings. The van der Waals surface area contributed by atoms with Gasteiger partial charge in [0.25, 0.3) is 0 Å². The van der Waals surface area contributed by atoms with Crippen LogP contribution in [0.5, 0.6) is 23.0 Å². The van der Waals surface area contributed by atoms with E-state index >= 15 is 0 Å². The number of halogens is 1. The Morgan fingerprint density at radius 1 is 1.08 bits per heavy atom. The van der Waals surface area contributed by atoms with Gasteiger partial charge >= 0.3 is 0 Å². The average molecular weight is 350 g/mol. The van der Waals surface area contributed by atoms with Crippen molar-refractivity contribution >= 4 is 24.2 Å². The molecular weight excluding hydrogens is 330 g/mol. The number of ether oxygens (including phenoxy) is 1. The maximum atomic E-state index is 10.1. The number of hydrogen-bond acceptors (Lipinski definition) is 5. The summed E-state index contributed by atoms with van der Waals surface area (Å²) in [5.41, 5.74) is 3.61. The molecule has 0 bridgehead atoms. The molecule has 0 unspecified atom stereocenters. The van der Waals surface area contributed by atoms with E-state index in [-0.39, 0.29) is 29.7 Å². The number of aromatic hydroxyl groups is 3. The Balaban J connectivity index is 0.00000208. The van der Waals surface area contributed by atoms with Crippen LogP contribution in [0.3, 0.4) is 0 Å². The van der Waals surface area contributed by atoms with Crippen LogP contribution in [0.4, 0.5) is 0 Å². The lowest BCUT2D eigenvalue weighted by molar-refractivity contribution is 0.317. The SMILES string of the molecule is CCOc1cc2c(cc1O)/C(=C/c1ccc(O)c(O)c1)NCC2.Cl. The Bertz CT molecular complexity index is 774. The molecule has 128 valence electrons. The van der Waals surface area contributed by atoms with Crippen LogP contribution in [0, 0.1) is 0 Å². The van der Waals surface area contributed by atoms with E-state index in [2.05, 4.69) is 5.32 Å². The van der Waals surface area contributed by atoms with E-state index in [1.807, 2.05) is 19.1 Å². The quantitative estimate of drug-likeness (QED) is 0.639. The first kappa shape index (κ1) is 17.8.